The molecular formula is C11H10N2OS. The Morgan fingerprint density at radius 3 is 2.47 bits per heavy atom. The van der Waals surface area contributed by atoms with E-state index in [1.165, 1.54) is 11.3 Å². The highest BCUT2D eigenvalue weighted by atomic mass is 32.1. The van der Waals surface area contributed by atoms with E-state index in [2.05, 4.69) is 0 Å². The molecule has 3 nitrogen and oxygen atoms in total. The third-order valence-corrected chi connectivity index (χ3v) is 3.23. The first-order chi connectivity index (χ1) is 7.22. The molecule has 2 rings (SSSR count). The average Bonchev–Trinajstić information content (AvgIpc) is 2.60. The van der Waals surface area contributed by atoms with Gasteiger partial charge in [-0.15, -0.1) is 11.3 Å². The van der Waals surface area contributed by atoms with Crippen molar-refractivity contribution >= 4 is 29.0 Å². The number of rotatable bonds is 2. The summed E-state index contributed by atoms with van der Waals surface area (Å²) < 4.78 is 0. The maximum Gasteiger partial charge on any atom is 0.162 e. The van der Waals surface area contributed by atoms with Gasteiger partial charge >= 0.3 is 0 Å². The number of nitrogens with two attached hydrogens (primary N) is 2. The summed E-state index contributed by atoms with van der Waals surface area (Å²) in [5.41, 5.74) is 13.6. The van der Waals surface area contributed by atoms with Gasteiger partial charge in [-0.25, -0.2) is 0 Å². The molecule has 0 saturated carbocycles. The highest BCUT2D eigenvalue weighted by Crippen LogP contribution is 2.34. The lowest BCUT2D eigenvalue weighted by Gasteiger charge is -2.00. The molecule has 76 valence electrons. The number of hydrogen-bond acceptors (Lipinski definition) is 4. The Kier molecular flexibility index (Phi) is 2.43. The molecule has 4 N–H and O–H groups in total. The van der Waals surface area contributed by atoms with Crippen molar-refractivity contribution in [3.05, 3.63) is 35.2 Å². The van der Waals surface area contributed by atoms with Crippen LogP contribution in [0.15, 0.2) is 30.3 Å². The van der Waals surface area contributed by atoms with Gasteiger partial charge in [0, 0.05) is 16.1 Å². The van der Waals surface area contributed by atoms with E-state index in [1.54, 1.807) is 6.07 Å². The first-order valence-corrected chi connectivity index (χ1v) is 5.23. The first-order valence-electron chi connectivity index (χ1n) is 4.41. The van der Waals surface area contributed by atoms with E-state index in [1.807, 2.05) is 24.3 Å². The summed E-state index contributed by atoms with van der Waals surface area (Å²) in [5, 5.41) is 0. The summed E-state index contributed by atoms with van der Waals surface area (Å²) in [4.78, 5) is 12.1. The van der Waals surface area contributed by atoms with E-state index in [0.29, 0.717) is 16.3 Å². The highest BCUT2D eigenvalue weighted by molar-refractivity contribution is 7.17. The molecular weight excluding hydrogens is 208 g/mol. The highest BCUT2D eigenvalue weighted by Gasteiger charge is 2.08. The Bertz CT molecular complexity index is 505. The van der Waals surface area contributed by atoms with Crippen LogP contribution >= 0.6 is 11.3 Å². The molecule has 1 heterocycles. The Labute approximate surface area is 91.3 Å². The summed E-state index contributed by atoms with van der Waals surface area (Å²) in [5.74, 6) is 0. The van der Waals surface area contributed by atoms with Gasteiger partial charge in [0.15, 0.2) is 6.29 Å². The standard InChI is InChI=1S/C11H10N2OS/c12-8-4-2-1-3-7(8)10-5-9(13)11(6-14)15-10/h1-6H,12-13H2. The molecule has 0 aliphatic carbocycles. The van der Waals surface area contributed by atoms with Crippen molar-refractivity contribution < 1.29 is 4.79 Å². The number of para-hydroxylation sites is 1. The fourth-order valence-electron chi connectivity index (χ4n) is 1.37. The van der Waals surface area contributed by atoms with Gasteiger partial charge in [0.2, 0.25) is 0 Å². The van der Waals surface area contributed by atoms with Crippen molar-refractivity contribution in [2.75, 3.05) is 11.5 Å². The van der Waals surface area contributed by atoms with Gasteiger partial charge in [0.25, 0.3) is 0 Å². The molecule has 0 amide bonds. The monoisotopic (exact) mass is 218 g/mol. The minimum Gasteiger partial charge on any atom is -0.398 e. The van der Waals surface area contributed by atoms with Crippen molar-refractivity contribution in [1.29, 1.82) is 0 Å². The summed E-state index contributed by atoms with van der Waals surface area (Å²) in [7, 11) is 0. The molecule has 1 aromatic carbocycles. The number of hydrogen-bond donors (Lipinski definition) is 2. The second kappa shape index (κ2) is 3.74. The molecule has 15 heavy (non-hydrogen) atoms. The van der Waals surface area contributed by atoms with Crippen LogP contribution in [0.25, 0.3) is 10.4 Å². The molecule has 1 aromatic heterocycles. The molecule has 0 aliphatic heterocycles. The number of carbonyl (C=O) groups excluding carboxylic acids is 1. The lowest BCUT2D eigenvalue weighted by molar-refractivity contribution is 0.112. The normalized spacial score (nSPS) is 10.1. The molecule has 0 unspecified atom stereocenters. The van der Waals surface area contributed by atoms with Crippen molar-refractivity contribution in [3.8, 4) is 10.4 Å². The Morgan fingerprint density at radius 2 is 1.87 bits per heavy atom. The third-order valence-electron chi connectivity index (χ3n) is 2.12. The van der Waals surface area contributed by atoms with Gasteiger partial charge in [0.05, 0.1) is 10.6 Å². The average molecular weight is 218 g/mol. The fraction of sp³-hybridized carbons (Fsp3) is 0. The van der Waals surface area contributed by atoms with E-state index in [-0.39, 0.29) is 0 Å². The number of thiophene rings is 1. The topological polar surface area (TPSA) is 69.1 Å². The second-order valence-electron chi connectivity index (χ2n) is 3.14. The zero-order valence-corrected chi connectivity index (χ0v) is 8.75. The summed E-state index contributed by atoms with van der Waals surface area (Å²) in [6.45, 7) is 0. The summed E-state index contributed by atoms with van der Waals surface area (Å²) in [6.07, 6.45) is 0.766. The van der Waals surface area contributed by atoms with Crippen LogP contribution in [-0.4, -0.2) is 6.29 Å². The van der Waals surface area contributed by atoms with Crippen LogP contribution in [0, 0.1) is 0 Å². The number of anilines is 2. The lowest BCUT2D eigenvalue weighted by Crippen LogP contribution is -1.87. The van der Waals surface area contributed by atoms with E-state index < -0.39 is 0 Å². The van der Waals surface area contributed by atoms with Crippen LogP contribution in [0.5, 0.6) is 0 Å². The third kappa shape index (κ3) is 1.71. The van der Waals surface area contributed by atoms with Gasteiger partial charge in [-0.05, 0) is 12.1 Å². The lowest BCUT2D eigenvalue weighted by atomic mass is 10.1. The predicted octanol–water partition coefficient (Wildman–Crippen LogP) is 2.39. The zero-order chi connectivity index (χ0) is 10.8. The van der Waals surface area contributed by atoms with Crippen molar-refractivity contribution in [3.63, 3.8) is 0 Å². The summed E-state index contributed by atoms with van der Waals surface area (Å²) in [6, 6.07) is 9.29. The van der Waals surface area contributed by atoms with E-state index in [9.17, 15) is 4.79 Å². The largest absolute Gasteiger partial charge is 0.398 e. The van der Waals surface area contributed by atoms with Crippen LogP contribution in [0.1, 0.15) is 9.67 Å². The smallest absolute Gasteiger partial charge is 0.162 e. The molecule has 0 spiro atoms. The van der Waals surface area contributed by atoms with E-state index in [0.717, 1.165) is 16.7 Å². The number of aldehydes is 1. The predicted molar refractivity (Wildman–Crippen MR) is 64.0 cm³/mol. The van der Waals surface area contributed by atoms with Crippen LogP contribution < -0.4 is 11.5 Å². The van der Waals surface area contributed by atoms with E-state index >= 15 is 0 Å². The molecule has 0 aliphatic rings. The Hall–Kier alpha value is -1.81. The van der Waals surface area contributed by atoms with Gasteiger partial charge in [-0.3, -0.25) is 4.79 Å². The molecule has 0 bridgehead atoms. The van der Waals surface area contributed by atoms with Crippen LogP contribution in [0.3, 0.4) is 0 Å². The van der Waals surface area contributed by atoms with Gasteiger partial charge < -0.3 is 11.5 Å². The Balaban J connectivity index is 2.55. The SMILES string of the molecule is Nc1ccccc1-c1cc(N)c(C=O)s1. The van der Waals surface area contributed by atoms with Gasteiger partial charge in [-0.1, -0.05) is 18.2 Å². The summed E-state index contributed by atoms with van der Waals surface area (Å²) >= 11 is 1.35. The second-order valence-corrected chi connectivity index (χ2v) is 4.22. The van der Waals surface area contributed by atoms with Crippen LogP contribution in [-0.2, 0) is 0 Å². The maximum absolute atomic E-state index is 10.7. The Morgan fingerprint density at radius 1 is 1.13 bits per heavy atom. The van der Waals surface area contributed by atoms with Gasteiger partial charge in [-0.2, -0.15) is 0 Å². The van der Waals surface area contributed by atoms with Crippen molar-refractivity contribution in [2.45, 2.75) is 0 Å². The molecule has 0 atom stereocenters. The number of carbonyl (C=O) groups is 1. The van der Waals surface area contributed by atoms with E-state index in [4.69, 9.17) is 11.5 Å². The molecule has 0 radical (unpaired) electrons. The number of benzene rings is 1. The van der Waals surface area contributed by atoms with Gasteiger partial charge in [0.1, 0.15) is 0 Å². The first kappa shape index (κ1) is 9.73. The fourth-order valence-corrected chi connectivity index (χ4v) is 2.31. The zero-order valence-electron chi connectivity index (χ0n) is 7.94. The van der Waals surface area contributed by atoms with Crippen LogP contribution in [0.4, 0.5) is 11.4 Å². The maximum atomic E-state index is 10.7. The molecule has 0 saturated heterocycles. The van der Waals surface area contributed by atoms with Crippen molar-refractivity contribution in [1.82, 2.24) is 0 Å². The minimum atomic E-state index is 0.508. The van der Waals surface area contributed by atoms with Crippen LogP contribution in [0.2, 0.25) is 0 Å². The number of nitrogen functional groups attached to an aromatic ring is 2. The molecule has 4 heteroatoms. The van der Waals surface area contributed by atoms with Crippen molar-refractivity contribution in [2.24, 2.45) is 0 Å². The minimum absolute atomic E-state index is 0.508. The quantitative estimate of drug-likeness (QED) is 0.600. The molecule has 0 fully saturated rings. The molecule has 2 aromatic rings.